The normalized spacial score (nSPS) is 14.2. The van der Waals surface area contributed by atoms with Crippen molar-refractivity contribution in [3.63, 3.8) is 0 Å². The molecule has 4 nitrogen and oxygen atoms in total. The zero-order valence-electron chi connectivity index (χ0n) is 13.7. The molecule has 0 aliphatic carbocycles. The first-order chi connectivity index (χ1) is 12.2. The zero-order valence-corrected chi connectivity index (χ0v) is 15.3. The second kappa shape index (κ2) is 8.75. The second-order valence-electron chi connectivity index (χ2n) is 5.52. The fraction of sp³-hybridized carbons (Fsp3) is 0.263. The van der Waals surface area contributed by atoms with Gasteiger partial charge >= 0.3 is 11.8 Å². The molecule has 0 atom stereocenters. The van der Waals surface area contributed by atoms with E-state index >= 15 is 0 Å². The van der Waals surface area contributed by atoms with E-state index in [0.29, 0.717) is 18.8 Å². The summed E-state index contributed by atoms with van der Waals surface area (Å²) in [6, 6.07) is 11.2. The molecule has 1 N–H and O–H groups in total. The summed E-state index contributed by atoms with van der Waals surface area (Å²) in [7, 11) is 0. The molecule has 1 fully saturated rings. The van der Waals surface area contributed by atoms with Crippen LogP contribution in [0.5, 0.6) is 0 Å². The molecule has 2 amide bonds. The average molecular weight is 370 g/mol. The molecule has 0 bridgehead atoms. The van der Waals surface area contributed by atoms with Crippen molar-refractivity contribution in [2.75, 3.05) is 29.9 Å². The van der Waals surface area contributed by atoms with Crippen LogP contribution >= 0.6 is 23.1 Å². The Kier molecular flexibility index (Phi) is 6.15. The molecule has 0 saturated carbocycles. The fourth-order valence-electron chi connectivity index (χ4n) is 2.44. The van der Waals surface area contributed by atoms with E-state index in [0.717, 1.165) is 28.4 Å². The van der Waals surface area contributed by atoms with Gasteiger partial charge in [0, 0.05) is 30.1 Å². The molecular formula is C19H18N2O2S2. The molecule has 1 aromatic carbocycles. The van der Waals surface area contributed by atoms with Crippen LogP contribution in [0, 0.1) is 11.8 Å². The lowest BCUT2D eigenvalue weighted by atomic mass is 10.2. The van der Waals surface area contributed by atoms with Gasteiger partial charge in [-0.05, 0) is 41.8 Å². The molecule has 6 heteroatoms. The van der Waals surface area contributed by atoms with Crippen molar-refractivity contribution in [2.45, 2.75) is 6.42 Å². The van der Waals surface area contributed by atoms with E-state index in [1.54, 1.807) is 28.4 Å². The number of thioether (sulfide) groups is 1. The molecule has 1 aliphatic heterocycles. The van der Waals surface area contributed by atoms with Crippen LogP contribution in [0.4, 0.5) is 5.69 Å². The summed E-state index contributed by atoms with van der Waals surface area (Å²) < 4.78 is 0. The largest absolute Gasteiger partial charge is 0.334 e. The topological polar surface area (TPSA) is 49.4 Å². The third-order valence-corrected chi connectivity index (χ3v) is 5.51. The monoisotopic (exact) mass is 370 g/mol. The summed E-state index contributed by atoms with van der Waals surface area (Å²) >= 11 is 3.40. The number of carbonyl (C=O) groups is 2. The Labute approximate surface area is 155 Å². The van der Waals surface area contributed by atoms with Crippen molar-refractivity contribution in [3.8, 4) is 11.8 Å². The van der Waals surface area contributed by atoms with Gasteiger partial charge in [0.2, 0.25) is 0 Å². The van der Waals surface area contributed by atoms with Gasteiger partial charge in [-0.2, -0.15) is 11.8 Å². The first kappa shape index (κ1) is 17.6. The van der Waals surface area contributed by atoms with Crippen LogP contribution in [0.15, 0.2) is 41.8 Å². The van der Waals surface area contributed by atoms with Crippen molar-refractivity contribution < 1.29 is 9.59 Å². The maximum absolute atomic E-state index is 12.3. The average Bonchev–Trinajstić information content (AvgIpc) is 3.00. The predicted molar refractivity (Wildman–Crippen MR) is 104 cm³/mol. The molecule has 128 valence electrons. The van der Waals surface area contributed by atoms with Crippen LogP contribution in [-0.2, 0) is 9.59 Å². The molecule has 0 radical (unpaired) electrons. The Morgan fingerprint density at radius 3 is 2.84 bits per heavy atom. The highest BCUT2D eigenvalue weighted by molar-refractivity contribution is 7.99. The van der Waals surface area contributed by atoms with E-state index in [1.165, 1.54) is 0 Å². The third kappa shape index (κ3) is 5.12. The van der Waals surface area contributed by atoms with Gasteiger partial charge in [0.25, 0.3) is 0 Å². The van der Waals surface area contributed by atoms with Crippen LogP contribution < -0.4 is 5.32 Å². The standard InChI is InChI=1S/C19H18N2O2S2/c22-18(19(23)21-9-3-11-24-13-10-21)20-16-5-1-4-15(14-16)7-8-17-6-2-12-25-17/h1-2,4-6,12,14H,3,9-11,13H2,(H,20,22). The number of benzene rings is 1. The number of rotatable bonds is 1. The van der Waals surface area contributed by atoms with Gasteiger partial charge in [0.05, 0.1) is 4.88 Å². The first-order valence-corrected chi connectivity index (χ1v) is 10.1. The summed E-state index contributed by atoms with van der Waals surface area (Å²) in [4.78, 5) is 27.2. The number of thiophene rings is 1. The Hall–Kier alpha value is -2.23. The summed E-state index contributed by atoms with van der Waals surface area (Å²) in [5, 5.41) is 4.67. The zero-order chi connectivity index (χ0) is 17.5. The highest BCUT2D eigenvalue weighted by Crippen LogP contribution is 2.13. The Balaban J connectivity index is 1.65. The molecule has 1 aromatic heterocycles. The number of hydrogen-bond acceptors (Lipinski definition) is 4. The number of carbonyl (C=O) groups excluding carboxylic acids is 2. The molecule has 1 aliphatic rings. The minimum Gasteiger partial charge on any atom is -0.334 e. The third-order valence-electron chi connectivity index (χ3n) is 3.68. The van der Waals surface area contributed by atoms with Gasteiger partial charge in [0.15, 0.2) is 0 Å². The first-order valence-electron chi connectivity index (χ1n) is 8.06. The van der Waals surface area contributed by atoms with Crippen LogP contribution in [0.25, 0.3) is 0 Å². The van der Waals surface area contributed by atoms with Gasteiger partial charge < -0.3 is 10.2 Å². The summed E-state index contributed by atoms with van der Waals surface area (Å²) in [5.74, 6) is 7.03. The van der Waals surface area contributed by atoms with Crippen molar-refractivity contribution >= 4 is 40.6 Å². The molecule has 2 heterocycles. The Bertz CT molecular complexity index is 798. The molecule has 3 rings (SSSR count). The van der Waals surface area contributed by atoms with Gasteiger partial charge in [0.1, 0.15) is 0 Å². The lowest BCUT2D eigenvalue weighted by Crippen LogP contribution is -2.40. The fourth-order valence-corrected chi connectivity index (χ4v) is 3.89. The number of nitrogens with one attached hydrogen (secondary N) is 1. The maximum Gasteiger partial charge on any atom is 0.313 e. The summed E-state index contributed by atoms with van der Waals surface area (Å²) in [5.41, 5.74) is 1.38. The minimum absolute atomic E-state index is 0.461. The molecule has 25 heavy (non-hydrogen) atoms. The highest BCUT2D eigenvalue weighted by atomic mass is 32.2. The second-order valence-corrected chi connectivity index (χ2v) is 7.69. The Morgan fingerprint density at radius 1 is 1.08 bits per heavy atom. The van der Waals surface area contributed by atoms with Crippen molar-refractivity contribution in [1.82, 2.24) is 4.90 Å². The van der Waals surface area contributed by atoms with E-state index in [4.69, 9.17) is 0 Å². The predicted octanol–water partition coefficient (Wildman–Crippen LogP) is 3.05. The van der Waals surface area contributed by atoms with E-state index in [9.17, 15) is 9.59 Å². The SMILES string of the molecule is O=C(Nc1cccc(C#Cc2cccs2)c1)C(=O)N1CCCSCC1. The van der Waals surface area contributed by atoms with Crippen LogP contribution in [0.1, 0.15) is 16.9 Å². The van der Waals surface area contributed by atoms with Crippen molar-refractivity contribution in [1.29, 1.82) is 0 Å². The van der Waals surface area contributed by atoms with E-state index in [2.05, 4.69) is 17.2 Å². The molecule has 0 unspecified atom stereocenters. The lowest BCUT2D eigenvalue weighted by molar-refractivity contribution is -0.142. The van der Waals surface area contributed by atoms with E-state index in [-0.39, 0.29) is 0 Å². The number of nitrogens with zero attached hydrogens (tertiary/aromatic N) is 1. The van der Waals surface area contributed by atoms with E-state index < -0.39 is 11.8 Å². The smallest absolute Gasteiger partial charge is 0.313 e. The summed E-state index contributed by atoms with van der Waals surface area (Å²) in [6.45, 7) is 1.27. The molecule has 2 aromatic rings. The van der Waals surface area contributed by atoms with Crippen LogP contribution in [0.2, 0.25) is 0 Å². The number of hydrogen-bond donors (Lipinski definition) is 1. The molecule has 1 saturated heterocycles. The lowest BCUT2D eigenvalue weighted by Gasteiger charge is -2.19. The highest BCUT2D eigenvalue weighted by Gasteiger charge is 2.22. The van der Waals surface area contributed by atoms with Gasteiger partial charge in [-0.1, -0.05) is 24.0 Å². The van der Waals surface area contributed by atoms with E-state index in [1.807, 2.05) is 41.4 Å². The Morgan fingerprint density at radius 2 is 2.00 bits per heavy atom. The van der Waals surface area contributed by atoms with Crippen LogP contribution in [-0.4, -0.2) is 41.3 Å². The van der Waals surface area contributed by atoms with Crippen LogP contribution in [0.3, 0.4) is 0 Å². The quantitative estimate of drug-likeness (QED) is 0.620. The van der Waals surface area contributed by atoms with Gasteiger partial charge in [-0.3, -0.25) is 9.59 Å². The van der Waals surface area contributed by atoms with Crippen molar-refractivity contribution in [2.24, 2.45) is 0 Å². The number of amides is 2. The number of anilines is 1. The van der Waals surface area contributed by atoms with Crippen molar-refractivity contribution in [3.05, 3.63) is 52.2 Å². The maximum atomic E-state index is 12.3. The summed E-state index contributed by atoms with van der Waals surface area (Å²) in [6.07, 6.45) is 0.928. The molecule has 0 spiro atoms. The molecular weight excluding hydrogens is 352 g/mol. The van der Waals surface area contributed by atoms with Gasteiger partial charge in [-0.25, -0.2) is 0 Å². The minimum atomic E-state index is -0.588. The van der Waals surface area contributed by atoms with Gasteiger partial charge in [-0.15, -0.1) is 11.3 Å².